The average Bonchev–Trinajstić information content (AvgIpc) is 2.33. The van der Waals surface area contributed by atoms with E-state index < -0.39 is 0 Å². The van der Waals surface area contributed by atoms with Crippen LogP contribution in [-0.2, 0) is 4.74 Å². The molecule has 0 spiro atoms. The third-order valence-electron chi connectivity index (χ3n) is 4.32. The van der Waals surface area contributed by atoms with Gasteiger partial charge in [0.25, 0.3) is 0 Å². The molecule has 2 aliphatic rings. The lowest BCUT2D eigenvalue weighted by atomic mass is 9.90. The van der Waals surface area contributed by atoms with E-state index in [4.69, 9.17) is 10.5 Å². The second-order valence-electron chi connectivity index (χ2n) is 6.02. The van der Waals surface area contributed by atoms with Gasteiger partial charge >= 0.3 is 0 Å². The minimum absolute atomic E-state index is 0.419. The fraction of sp³-hybridized carbons (Fsp3) is 1.00. The number of hydrogen-bond donors (Lipinski definition) is 1. The molecule has 2 heteroatoms. The Morgan fingerprint density at radius 2 is 1.12 bits per heavy atom. The molecular weight excluding hydrogens is 210 g/mol. The first kappa shape index (κ1) is 13.4. The van der Waals surface area contributed by atoms with Crippen molar-refractivity contribution >= 4 is 0 Å². The summed E-state index contributed by atoms with van der Waals surface area (Å²) in [5.41, 5.74) is 5.82. The molecule has 2 rings (SSSR count). The molecule has 2 nitrogen and oxygen atoms in total. The van der Waals surface area contributed by atoms with Gasteiger partial charge in [0.2, 0.25) is 0 Å². The fourth-order valence-corrected chi connectivity index (χ4v) is 3.07. The number of rotatable bonds is 2. The van der Waals surface area contributed by atoms with Crippen LogP contribution in [0.3, 0.4) is 0 Å². The van der Waals surface area contributed by atoms with E-state index in [1.54, 1.807) is 0 Å². The van der Waals surface area contributed by atoms with E-state index in [2.05, 4.69) is 0 Å². The Bertz CT molecular complexity index is 189. The van der Waals surface area contributed by atoms with Gasteiger partial charge in [-0.1, -0.05) is 51.4 Å². The maximum Gasteiger partial charge on any atom is 0.0608 e. The van der Waals surface area contributed by atoms with Crippen LogP contribution in [0.15, 0.2) is 0 Å². The molecule has 0 aromatic heterocycles. The van der Waals surface area contributed by atoms with Crippen LogP contribution in [0.5, 0.6) is 0 Å². The van der Waals surface area contributed by atoms with Crippen molar-refractivity contribution in [3.05, 3.63) is 0 Å². The maximum absolute atomic E-state index is 6.19. The van der Waals surface area contributed by atoms with Crippen LogP contribution in [0.1, 0.15) is 77.0 Å². The topological polar surface area (TPSA) is 35.2 Å². The van der Waals surface area contributed by atoms with Crippen LogP contribution in [0.25, 0.3) is 0 Å². The second kappa shape index (κ2) is 7.38. The molecule has 2 N–H and O–H groups in total. The maximum atomic E-state index is 6.19. The van der Waals surface area contributed by atoms with Gasteiger partial charge in [-0.25, -0.2) is 0 Å². The molecule has 2 fully saturated rings. The van der Waals surface area contributed by atoms with E-state index >= 15 is 0 Å². The Hall–Kier alpha value is -0.0800. The zero-order chi connectivity index (χ0) is 11.9. The Kier molecular flexibility index (Phi) is 5.79. The summed E-state index contributed by atoms with van der Waals surface area (Å²) in [5, 5.41) is 0. The molecule has 0 amide bonds. The lowest BCUT2D eigenvalue weighted by molar-refractivity contribution is -0.0661. The highest BCUT2D eigenvalue weighted by atomic mass is 16.5. The van der Waals surface area contributed by atoms with Crippen LogP contribution in [-0.4, -0.2) is 18.2 Å². The molecule has 0 radical (unpaired) electrons. The van der Waals surface area contributed by atoms with E-state index in [0.29, 0.717) is 18.2 Å². The van der Waals surface area contributed by atoms with Crippen molar-refractivity contribution in [1.29, 1.82) is 0 Å². The standard InChI is InChI=1S/C15H29NO/c16-13-11-15(12-13)17-14-9-7-5-3-1-2-4-6-8-10-14/h13-15H,1-12,16H2/t13-,15-. The van der Waals surface area contributed by atoms with Crippen LogP contribution < -0.4 is 5.73 Å². The Morgan fingerprint density at radius 1 is 0.647 bits per heavy atom. The lowest BCUT2D eigenvalue weighted by Gasteiger charge is -2.35. The summed E-state index contributed by atoms with van der Waals surface area (Å²) in [4.78, 5) is 0. The summed E-state index contributed by atoms with van der Waals surface area (Å²) in [6, 6.07) is 0.419. The summed E-state index contributed by atoms with van der Waals surface area (Å²) in [6.07, 6.45) is 17.1. The molecule has 0 bridgehead atoms. The molecule has 0 aliphatic heterocycles. The number of nitrogens with two attached hydrogens (primary N) is 1. The molecule has 0 atom stereocenters. The number of ether oxygens (including phenoxy) is 1. The van der Waals surface area contributed by atoms with Gasteiger partial charge in [0.15, 0.2) is 0 Å². The monoisotopic (exact) mass is 239 g/mol. The molecular formula is C15H29NO. The SMILES string of the molecule is N[C@H]1C[C@H](OC2CCCCCCCCCC2)C1. The van der Waals surface area contributed by atoms with E-state index in [1.807, 2.05) is 0 Å². The van der Waals surface area contributed by atoms with Crippen LogP contribution in [0.4, 0.5) is 0 Å². The zero-order valence-corrected chi connectivity index (χ0v) is 11.2. The predicted molar refractivity (Wildman–Crippen MR) is 72.0 cm³/mol. The average molecular weight is 239 g/mol. The van der Waals surface area contributed by atoms with Gasteiger partial charge in [0.1, 0.15) is 0 Å². The zero-order valence-electron chi connectivity index (χ0n) is 11.2. The largest absolute Gasteiger partial charge is 0.375 e. The summed E-state index contributed by atoms with van der Waals surface area (Å²) in [5.74, 6) is 0. The van der Waals surface area contributed by atoms with Crippen molar-refractivity contribution in [1.82, 2.24) is 0 Å². The van der Waals surface area contributed by atoms with Gasteiger partial charge in [-0.3, -0.25) is 0 Å². The van der Waals surface area contributed by atoms with Crippen LogP contribution in [0.2, 0.25) is 0 Å². The molecule has 0 unspecified atom stereocenters. The fourth-order valence-electron chi connectivity index (χ4n) is 3.07. The molecule has 0 saturated heterocycles. The Labute approximate surface area is 106 Å². The highest BCUT2D eigenvalue weighted by Crippen LogP contribution is 2.26. The van der Waals surface area contributed by atoms with Crippen molar-refractivity contribution in [3.63, 3.8) is 0 Å². The van der Waals surface area contributed by atoms with Crippen molar-refractivity contribution < 1.29 is 4.74 Å². The van der Waals surface area contributed by atoms with Crippen LogP contribution in [0, 0.1) is 0 Å². The van der Waals surface area contributed by atoms with Gasteiger partial charge in [0.05, 0.1) is 12.2 Å². The van der Waals surface area contributed by atoms with Gasteiger partial charge in [-0.15, -0.1) is 0 Å². The summed E-state index contributed by atoms with van der Waals surface area (Å²) in [6.45, 7) is 0. The van der Waals surface area contributed by atoms with Crippen LogP contribution >= 0.6 is 0 Å². The first-order chi connectivity index (χ1) is 8.34. The lowest BCUT2D eigenvalue weighted by Crippen LogP contribution is -2.43. The summed E-state index contributed by atoms with van der Waals surface area (Å²) in [7, 11) is 0. The van der Waals surface area contributed by atoms with Gasteiger partial charge in [-0.2, -0.15) is 0 Å². The van der Waals surface area contributed by atoms with E-state index in [0.717, 1.165) is 12.8 Å². The molecule has 17 heavy (non-hydrogen) atoms. The molecule has 2 saturated carbocycles. The number of hydrogen-bond acceptors (Lipinski definition) is 2. The highest BCUT2D eigenvalue weighted by Gasteiger charge is 2.28. The smallest absolute Gasteiger partial charge is 0.0608 e. The van der Waals surface area contributed by atoms with Gasteiger partial charge in [0, 0.05) is 6.04 Å². The van der Waals surface area contributed by atoms with Gasteiger partial charge < -0.3 is 10.5 Å². The minimum atomic E-state index is 0.419. The van der Waals surface area contributed by atoms with Gasteiger partial charge in [-0.05, 0) is 25.7 Å². The normalized spacial score (nSPS) is 33.7. The minimum Gasteiger partial charge on any atom is -0.375 e. The highest BCUT2D eigenvalue weighted by molar-refractivity contribution is 4.84. The van der Waals surface area contributed by atoms with E-state index in [1.165, 1.54) is 64.2 Å². The predicted octanol–water partition coefficient (Wildman–Crippen LogP) is 3.78. The van der Waals surface area contributed by atoms with E-state index in [9.17, 15) is 0 Å². The Morgan fingerprint density at radius 3 is 1.59 bits per heavy atom. The Balaban J connectivity index is 1.68. The van der Waals surface area contributed by atoms with E-state index in [-0.39, 0.29) is 0 Å². The van der Waals surface area contributed by atoms with Crippen molar-refractivity contribution in [2.45, 2.75) is 95.3 Å². The molecule has 0 heterocycles. The molecule has 2 aliphatic carbocycles. The summed E-state index contributed by atoms with van der Waals surface area (Å²) >= 11 is 0. The molecule has 0 aromatic rings. The first-order valence-corrected chi connectivity index (χ1v) is 7.75. The summed E-state index contributed by atoms with van der Waals surface area (Å²) < 4.78 is 6.19. The third kappa shape index (κ3) is 4.97. The quantitative estimate of drug-likeness (QED) is 0.796. The molecule has 100 valence electrons. The van der Waals surface area contributed by atoms with Crippen molar-refractivity contribution in [2.24, 2.45) is 5.73 Å². The second-order valence-corrected chi connectivity index (χ2v) is 6.02. The van der Waals surface area contributed by atoms with Crippen molar-refractivity contribution in [2.75, 3.05) is 0 Å². The first-order valence-electron chi connectivity index (χ1n) is 7.75. The molecule has 0 aromatic carbocycles. The van der Waals surface area contributed by atoms with Crippen molar-refractivity contribution in [3.8, 4) is 0 Å². The third-order valence-corrected chi connectivity index (χ3v) is 4.32.